The summed E-state index contributed by atoms with van der Waals surface area (Å²) in [7, 11) is 0. The van der Waals surface area contributed by atoms with E-state index in [1.165, 1.54) is 6.42 Å². The van der Waals surface area contributed by atoms with Crippen molar-refractivity contribution in [2.24, 2.45) is 23.7 Å². The Kier molecular flexibility index (Phi) is 10.4. The minimum absolute atomic E-state index is 0.0453. The Labute approximate surface area is 179 Å². The number of hydrogen-bond donors (Lipinski definition) is 3. The van der Waals surface area contributed by atoms with Crippen LogP contribution in [0, 0.1) is 23.7 Å². The van der Waals surface area contributed by atoms with Gasteiger partial charge in [0.25, 0.3) is 0 Å². The lowest BCUT2D eigenvalue weighted by Gasteiger charge is -2.19. The monoisotopic (exact) mass is 422 g/mol. The Morgan fingerprint density at radius 3 is 2.53 bits per heavy atom. The largest absolute Gasteiger partial charge is 0.392 e. The van der Waals surface area contributed by atoms with Crippen LogP contribution in [0.5, 0.6) is 0 Å². The molecule has 30 heavy (non-hydrogen) atoms. The number of ketones is 3. The van der Waals surface area contributed by atoms with Gasteiger partial charge in [-0.1, -0.05) is 38.3 Å². The fraction of sp³-hybridized carbons (Fsp3) is 0.792. The Morgan fingerprint density at radius 1 is 1.17 bits per heavy atom. The number of hydrogen-bond acceptors (Lipinski definition) is 6. The first-order valence-electron chi connectivity index (χ1n) is 11.6. The maximum absolute atomic E-state index is 12.3. The van der Waals surface area contributed by atoms with Gasteiger partial charge in [-0.25, -0.2) is 0 Å². The number of carbonyl (C=O) groups is 3. The second-order valence-electron chi connectivity index (χ2n) is 9.17. The predicted molar refractivity (Wildman–Crippen MR) is 114 cm³/mol. The van der Waals surface area contributed by atoms with Crippen LogP contribution in [-0.2, 0) is 14.4 Å². The molecule has 2 fully saturated rings. The molecule has 6 heteroatoms. The molecule has 2 saturated carbocycles. The van der Waals surface area contributed by atoms with Gasteiger partial charge in [0.15, 0.2) is 5.78 Å². The number of aliphatic hydroxyl groups is 3. The third-order valence-corrected chi connectivity index (χ3v) is 6.81. The molecule has 2 aliphatic carbocycles. The smallest absolute Gasteiger partial charge is 0.158 e. The van der Waals surface area contributed by atoms with Crippen molar-refractivity contribution in [1.29, 1.82) is 0 Å². The molecule has 0 spiro atoms. The van der Waals surface area contributed by atoms with Gasteiger partial charge < -0.3 is 15.3 Å². The first-order valence-corrected chi connectivity index (χ1v) is 11.6. The van der Waals surface area contributed by atoms with Crippen LogP contribution in [0.25, 0.3) is 0 Å². The molecular formula is C24H38O6. The van der Waals surface area contributed by atoms with Crippen molar-refractivity contribution < 1.29 is 29.7 Å². The lowest BCUT2D eigenvalue weighted by Crippen LogP contribution is -2.23. The van der Waals surface area contributed by atoms with Gasteiger partial charge in [-0.05, 0) is 37.5 Å². The molecule has 0 saturated heterocycles. The maximum Gasteiger partial charge on any atom is 0.158 e. The molecule has 0 aromatic heterocycles. The topological polar surface area (TPSA) is 112 Å². The zero-order valence-corrected chi connectivity index (χ0v) is 18.2. The Balaban J connectivity index is 1.84. The number of rotatable bonds is 13. The zero-order chi connectivity index (χ0) is 22.1. The molecule has 3 N–H and O–H groups in total. The highest BCUT2D eigenvalue weighted by Crippen LogP contribution is 2.37. The molecule has 0 heterocycles. The fourth-order valence-corrected chi connectivity index (χ4v) is 5.05. The molecule has 0 aromatic carbocycles. The Bertz CT molecular complexity index is 613. The maximum atomic E-state index is 12.3. The Hall–Kier alpha value is -1.37. The van der Waals surface area contributed by atoms with E-state index in [1.807, 2.05) is 0 Å². The summed E-state index contributed by atoms with van der Waals surface area (Å²) in [4.78, 5) is 35.7. The molecular weight excluding hydrogens is 384 g/mol. The van der Waals surface area contributed by atoms with E-state index in [4.69, 9.17) is 5.11 Å². The molecule has 2 unspecified atom stereocenters. The summed E-state index contributed by atoms with van der Waals surface area (Å²) >= 11 is 0. The summed E-state index contributed by atoms with van der Waals surface area (Å²) in [6.45, 7) is 1.71. The molecule has 0 aliphatic heterocycles. The SMILES string of the molecule is CCCC1CCC([C@H](O)C=C[C@H]2[C@H](O)CC(=O)[C@@H]2CC(=O)CCCCC(=O)CO)C1. The normalized spacial score (nSPS) is 30.3. The molecule has 2 rings (SSSR count). The molecule has 170 valence electrons. The first kappa shape index (κ1) is 24.9. The van der Waals surface area contributed by atoms with Crippen molar-refractivity contribution in [2.45, 2.75) is 89.8 Å². The van der Waals surface area contributed by atoms with Crippen molar-refractivity contribution in [3.63, 3.8) is 0 Å². The molecule has 2 aliphatic rings. The standard InChI is InChI=1S/C24H38O6/c1-2-5-16-8-9-17(12-16)22(28)11-10-20-21(24(30)14-23(20)29)13-18(26)6-3-4-7-19(27)15-25/h10-11,16-17,20-23,25,28-29H,2-9,12-15H2,1H3/t16?,17?,20-,21-,22-,23-/m1/s1. The third-order valence-electron chi connectivity index (χ3n) is 6.81. The average molecular weight is 423 g/mol. The van der Waals surface area contributed by atoms with Gasteiger partial charge in [-0.2, -0.15) is 0 Å². The van der Waals surface area contributed by atoms with Crippen molar-refractivity contribution in [3.8, 4) is 0 Å². The molecule has 6 nitrogen and oxygen atoms in total. The third kappa shape index (κ3) is 7.40. The minimum Gasteiger partial charge on any atom is -0.392 e. The molecule has 6 atom stereocenters. The highest BCUT2D eigenvalue weighted by atomic mass is 16.3. The number of unbranched alkanes of at least 4 members (excludes halogenated alkanes) is 1. The van der Waals surface area contributed by atoms with E-state index in [0.29, 0.717) is 25.2 Å². The average Bonchev–Trinajstić information content (AvgIpc) is 3.28. The van der Waals surface area contributed by atoms with Gasteiger partial charge in [-0.3, -0.25) is 14.4 Å². The van der Waals surface area contributed by atoms with E-state index in [-0.39, 0.29) is 42.5 Å². The summed E-state index contributed by atoms with van der Waals surface area (Å²) in [6.07, 6.45) is 9.41. The van der Waals surface area contributed by atoms with Gasteiger partial charge in [0.2, 0.25) is 0 Å². The highest BCUT2D eigenvalue weighted by molar-refractivity contribution is 5.90. The highest BCUT2D eigenvalue weighted by Gasteiger charge is 2.41. The lowest BCUT2D eigenvalue weighted by atomic mass is 9.87. The quantitative estimate of drug-likeness (QED) is 0.311. The number of aliphatic hydroxyl groups excluding tert-OH is 3. The van der Waals surface area contributed by atoms with Crippen LogP contribution in [0.4, 0.5) is 0 Å². The van der Waals surface area contributed by atoms with Crippen LogP contribution >= 0.6 is 0 Å². The van der Waals surface area contributed by atoms with E-state index in [9.17, 15) is 24.6 Å². The van der Waals surface area contributed by atoms with Gasteiger partial charge in [-0.15, -0.1) is 0 Å². The molecule has 0 aromatic rings. The summed E-state index contributed by atoms with van der Waals surface area (Å²) in [6, 6.07) is 0. The van der Waals surface area contributed by atoms with Crippen LogP contribution < -0.4 is 0 Å². The second-order valence-corrected chi connectivity index (χ2v) is 9.17. The van der Waals surface area contributed by atoms with Crippen molar-refractivity contribution in [2.75, 3.05) is 6.61 Å². The van der Waals surface area contributed by atoms with E-state index in [0.717, 1.165) is 25.7 Å². The summed E-state index contributed by atoms with van der Waals surface area (Å²) in [5, 5.41) is 29.6. The van der Waals surface area contributed by atoms with Crippen LogP contribution in [0.2, 0.25) is 0 Å². The van der Waals surface area contributed by atoms with Crippen molar-refractivity contribution >= 4 is 17.3 Å². The van der Waals surface area contributed by atoms with Gasteiger partial charge in [0, 0.05) is 37.5 Å². The number of carbonyl (C=O) groups excluding carboxylic acids is 3. The van der Waals surface area contributed by atoms with E-state index < -0.39 is 30.7 Å². The summed E-state index contributed by atoms with van der Waals surface area (Å²) in [5.41, 5.74) is 0. The fourth-order valence-electron chi connectivity index (χ4n) is 5.05. The van der Waals surface area contributed by atoms with E-state index in [1.54, 1.807) is 12.2 Å². The van der Waals surface area contributed by atoms with Crippen LogP contribution in [-0.4, -0.2) is 51.5 Å². The van der Waals surface area contributed by atoms with Crippen molar-refractivity contribution in [1.82, 2.24) is 0 Å². The van der Waals surface area contributed by atoms with Crippen molar-refractivity contribution in [3.05, 3.63) is 12.2 Å². The van der Waals surface area contributed by atoms with Gasteiger partial charge >= 0.3 is 0 Å². The van der Waals surface area contributed by atoms with E-state index in [2.05, 4.69) is 6.92 Å². The predicted octanol–water partition coefficient (Wildman–Crippen LogP) is 2.77. The zero-order valence-electron chi connectivity index (χ0n) is 18.2. The molecule has 0 radical (unpaired) electrons. The second kappa shape index (κ2) is 12.5. The van der Waals surface area contributed by atoms with Crippen LogP contribution in [0.15, 0.2) is 12.2 Å². The van der Waals surface area contributed by atoms with Gasteiger partial charge in [0.05, 0.1) is 12.2 Å². The number of Topliss-reactive ketones (excluding diaryl/α,β-unsaturated/α-hetero) is 3. The lowest BCUT2D eigenvalue weighted by molar-refractivity contribution is -0.127. The van der Waals surface area contributed by atoms with Crippen LogP contribution in [0.3, 0.4) is 0 Å². The summed E-state index contributed by atoms with van der Waals surface area (Å²) in [5.74, 6) is -0.432. The molecule has 0 amide bonds. The van der Waals surface area contributed by atoms with E-state index >= 15 is 0 Å². The van der Waals surface area contributed by atoms with Gasteiger partial charge in [0.1, 0.15) is 18.2 Å². The Morgan fingerprint density at radius 2 is 1.87 bits per heavy atom. The minimum atomic E-state index is -0.808. The first-order chi connectivity index (χ1) is 14.3. The molecule has 0 bridgehead atoms. The summed E-state index contributed by atoms with van der Waals surface area (Å²) < 4.78 is 0. The van der Waals surface area contributed by atoms with Crippen LogP contribution in [0.1, 0.15) is 77.6 Å².